The molecule has 0 aliphatic carbocycles. The second-order valence-corrected chi connectivity index (χ2v) is 5.95. The number of carbonyl (C=O) groups excluding carboxylic acids is 1. The molecular formula is C17H11BrN4O2. The smallest absolute Gasteiger partial charge is 0.218 e. The maximum Gasteiger partial charge on any atom is 0.218 e. The number of nitrogen functional groups attached to an aromatic ring is 1. The fourth-order valence-corrected chi connectivity index (χ4v) is 2.74. The lowest BCUT2D eigenvalue weighted by atomic mass is 10.0. The van der Waals surface area contributed by atoms with Crippen LogP contribution in [0.5, 0.6) is 0 Å². The molecule has 4 rings (SSSR count). The molecule has 0 bridgehead atoms. The number of nitrogens with zero attached hydrogens (tertiary/aromatic N) is 3. The van der Waals surface area contributed by atoms with E-state index in [0.29, 0.717) is 38.8 Å². The maximum absolute atomic E-state index is 12.6. The van der Waals surface area contributed by atoms with E-state index in [4.69, 9.17) is 10.2 Å². The molecule has 0 aliphatic heterocycles. The standard InChI is InChI=1S/C17H11BrN4O2/c18-13-7-6-12(24-13)17-20-15-9-11(8-14(19)22(15)21-17)16(23)10-4-2-1-3-5-10/h1-9H,19H2. The summed E-state index contributed by atoms with van der Waals surface area (Å²) in [6.07, 6.45) is 0. The van der Waals surface area contributed by atoms with Crippen LogP contribution in [0, 0.1) is 0 Å². The Hall–Kier alpha value is -2.93. The van der Waals surface area contributed by atoms with Crippen LogP contribution in [-0.2, 0) is 0 Å². The van der Waals surface area contributed by atoms with Crippen LogP contribution in [0.2, 0.25) is 0 Å². The highest BCUT2D eigenvalue weighted by atomic mass is 79.9. The molecule has 0 spiro atoms. The van der Waals surface area contributed by atoms with Crippen LogP contribution in [0.4, 0.5) is 5.82 Å². The molecule has 0 radical (unpaired) electrons. The highest BCUT2D eigenvalue weighted by molar-refractivity contribution is 9.10. The van der Waals surface area contributed by atoms with Gasteiger partial charge in [-0.05, 0) is 40.2 Å². The first-order valence-electron chi connectivity index (χ1n) is 7.13. The van der Waals surface area contributed by atoms with Crippen molar-refractivity contribution >= 4 is 33.2 Å². The van der Waals surface area contributed by atoms with E-state index >= 15 is 0 Å². The first kappa shape index (κ1) is 14.6. The van der Waals surface area contributed by atoms with Gasteiger partial charge in [-0.2, -0.15) is 4.52 Å². The first-order chi connectivity index (χ1) is 11.6. The van der Waals surface area contributed by atoms with Gasteiger partial charge < -0.3 is 10.2 Å². The van der Waals surface area contributed by atoms with Crippen molar-refractivity contribution in [3.05, 3.63) is 70.4 Å². The second-order valence-electron chi connectivity index (χ2n) is 5.17. The molecule has 0 aliphatic rings. The Morgan fingerprint density at radius 3 is 2.58 bits per heavy atom. The Bertz CT molecular complexity index is 1050. The van der Waals surface area contributed by atoms with E-state index in [1.807, 2.05) is 18.2 Å². The van der Waals surface area contributed by atoms with Crippen LogP contribution in [0.25, 0.3) is 17.2 Å². The molecule has 24 heavy (non-hydrogen) atoms. The zero-order chi connectivity index (χ0) is 16.7. The monoisotopic (exact) mass is 382 g/mol. The van der Waals surface area contributed by atoms with Crippen molar-refractivity contribution in [1.29, 1.82) is 0 Å². The number of anilines is 1. The lowest BCUT2D eigenvalue weighted by Gasteiger charge is -2.03. The molecule has 3 heterocycles. The summed E-state index contributed by atoms with van der Waals surface area (Å²) in [5, 5.41) is 4.32. The summed E-state index contributed by atoms with van der Waals surface area (Å²) >= 11 is 3.25. The number of carbonyl (C=O) groups is 1. The van der Waals surface area contributed by atoms with Crippen LogP contribution >= 0.6 is 15.9 Å². The number of rotatable bonds is 3. The zero-order valence-electron chi connectivity index (χ0n) is 12.3. The van der Waals surface area contributed by atoms with Gasteiger partial charge in [0.25, 0.3) is 0 Å². The normalized spacial score (nSPS) is 11.0. The second kappa shape index (κ2) is 5.61. The van der Waals surface area contributed by atoms with Gasteiger partial charge in [-0.15, -0.1) is 5.10 Å². The highest BCUT2D eigenvalue weighted by Gasteiger charge is 2.16. The number of ketones is 1. The van der Waals surface area contributed by atoms with Crippen molar-refractivity contribution < 1.29 is 9.21 Å². The summed E-state index contributed by atoms with van der Waals surface area (Å²) in [5.41, 5.74) is 7.58. The summed E-state index contributed by atoms with van der Waals surface area (Å²) in [6.45, 7) is 0. The third-order valence-corrected chi connectivity index (χ3v) is 3.98. The fraction of sp³-hybridized carbons (Fsp3) is 0. The third-order valence-electron chi connectivity index (χ3n) is 3.56. The van der Waals surface area contributed by atoms with Crippen molar-refractivity contribution in [1.82, 2.24) is 14.6 Å². The Labute approximate surface area is 145 Å². The first-order valence-corrected chi connectivity index (χ1v) is 7.93. The topological polar surface area (TPSA) is 86.4 Å². The van der Waals surface area contributed by atoms with E-state index in [9.17, 15) is 4.79 Å². The summed E-state index contributed by atoms with van der Waals surface area (Å²) in [5.74, 6) is 1.13. The molecule has 6 nitrogen and oxygen atoms in total. The number of hydrogen-bond acceptors (Lipinski definition) is 5. The average molecular weight is 383 g/mol. The Morgan fingerprint density at radius 2 is 1.88 bits per heavy atom. The number of nitrogens with two attached hydrogens (primary N) is 1. The molecule has 0 atom stereocenters. The van der Waals surface area contributed by atoms with Gasteiger partial charge in [0, 0.05) is 11.1 Å². The van der Waals surface area contributed by atoms with Crippen LogP contribution in [-0.4, -0.2) is 20.4 Å². The molecular weight excluding hydrogens is 372 g/mol. The molecule has 0 amide bonds. The number of furan rings is 1. The summed E-state index contributed by atoms with van der Waals surface area (Å²) in [4.78, 5) is 17.0. The van der Waals surface area contributed by atoms with E-state index in [0.717, 1.165) is 0 Å². The van der Waals surface area contributed by atoms with Crippen LogP contribution in [0.1, 0.15) is 15.9 Å². The van der Waals surface area contributed by atoms with Crippen molar-refractivity contribution in [2.24, 2.45) is 0 Å². The summed E-state index contributed by atoms with van der Waals surface area (Å²) < 4.78 is 7.52. The predicted molar refractivity (Wildman–Crippen MR) is 92.7 cm³/mol. The van der Waals surface area contributed by atoms with Crippen molar-refractivity contribution in [3.8, 4) is 11.6 Å². The number of halogens is 1. The van der Waals surface area contributed by atoms with Gasteiger partial charge in [-0.1, -0.05) is 30.3 Å². The molecule has 118 valence electrons. The molecule has 2 N–H and O–H groups in total. The number of aromatic nitrogens is 3. The van der Waals surface area contributed by atoms with E-state index in [1.165, 1.54) is 4.52 Å². The van der Waals surface area contributed by atoms with Crippen molar-refractivity contribution in [3.63, 3.8) is 0 Å². The number of fused-ring (bicyclic) bond motifs is 1. The van der Waals surface area contributed by atoms with E-state index in [2.05, 4.69) is 26.0 Å². The van der Waals surface area contributed by atoms with Crippen LogP contribution in [0.15, 0.2) is 63.7 Å². The van der Waals surface area contributed by atoms with Crippen LogP contribution < -0.4 is 5.73 Å². The summed E-state index contributed by atoms with van der Waals surface area (Å²) in [6, 6.07) is 15.8. The number of pyridine rings is 1. The Morgan fingerprint density at radius 1 is 1.08 bits per heavy atom. The maximum atomic E-state index is 12.6. The minimum atomic E-state index is -0.116. The molecule has 0 unspecified atom stereocenters. The molecule has 4 aromatic rings. The van der Waals surface area contributed by atoms with Crippen molar-refractivity contribution in [2.45, 2.75) is 0 Å². The molecule has 0 saturated heterocycles. The molecule has 0 saturated carbocycles. The van der Waals surface area contributed by atoms with Gasteiger partial charge in [0.15, 0.2) is 21.9 Å². The quantitative estimate of drug-likeness (QED) is 0.547. The van der Waals surface area contributed by atoms with Gasteiger partial charge in [-0.3, -0.25) is 4.79 Å². The van der Waals surface area contributed by atoms with Gasteiger partial charge in [0.05, 0.1) is 0 Å². The lowest BCUT2D eigenvalue weighted by molar-refractivity contribution is 0.103. The van der Waals surface area contributed by atoms with E-state index < -0.39 is 0 Å². The Balaban J connectivity index is 1.81. The largest absolute Gasteiger partial charge is 0.446 e. The number of benzene rings is 1. The minimum absolute atomic E-state index is 0.116. The average Bonchev–Trinajstić information content (AvgIpc) is 3.21. The minimum Gasteiger partial charge on any atom is -0.446 e. The van der Waals surface area contributed by atoms with Gasteiger partial charge in [0.1, 0.15) is 5.82 Å². The Kier molecular flexibility index (Phi) is 3.42. The van der Waals surface area contributed by atoms with Gasteiger partial charge >= 0.3 is 0 Å². The zero-order valence-corrected chi connectivity index (χ0v) is 13.9. The molecule has 0 fully saturated rings. The van der Waals surface area contributed by atoms with E-state index in [-0.39, 0.29) is 5.78 Å². The van der Waals surface area contributed by atoms with Crippen molar-refractivity contribution in [2.75, 3.05) is 5.73 Å². The number of hydrogen-bond donors (Lipinski definition) is 1. The predicted octanol–water partition coefficient (Wildman–Crippen LogP) is 3.57. The van der Waals surface area contributed by atoms with Gasteiger partial charge in [-0.25, -0.2) is 4.98 Å². The fourth-order valence-electron chi connectivity index (χ4n) is 2.43. The highest BCUT2D eigenvalue weighted by Crippen LogP contribution is 2.24. The van der Waals surface area contributed by atoms with Crippen LogP contribution in [0.3, 0.4) is 0 Å². The lowest BCUT2D eigenvalue weighted by Crippen LogP contribution is -2.06. The SMILES string of the molecule is Nc1cc(C(=O)c2ccccc2)cc2nc(-c3ccc(Br)o3)nn12. The molecule has 7 heteroatoms. The molecule has 3 aromatic heterocycles. The third kappa shape index (κ3) is 2.48. The van der Waals surface area contributed by atoms with E-state index in [1.54, 1.807) is 36.4 Å². The molecule has 1 aromatic carbocycles. The van der Waals surface area contributed by atoms with Gasteiger partial charge in [0.2, 0.25) is 5.82 Å². The summed E-state index contributed by atoms with van der Waals surface area (Å²) in [7, 11) is 0.